The van der Waals surface area contributed by atoms with Crippen molar-refractivity contribution in [1.82, 2.24) is 0 Å². The lowest BCUT2D eigenvalue weighted by Crippen LogP contribution is -2.44. The number of esters is 1. The fraction of sp³-hybridized carbons (Fsp3) is 0.750. The van der Waals surface area contributed by atoms with E-state index in [0.29, 0.717) is 5.57 Å². The molecule has 0 heterocycles. The zero-order chi connectivity index (χ0) is 14.0. The third-order valence-corrected chi connectivity index (χ3v) is 5.29. The molecule has 0 aliphatic carbocycles. The van der Waals surface area contributed by atoms with Gasteiger partial charge in [-0.05, 0) is 13.3 Å². The van der Waals surface area contributed by atoms with E-state index in [1.54, 1.807) is 21.1 Å². The summed E-state index contributed by atoms with van der Waals surface area (Å²) in [6, 6.07) is 0.721. The van der Waals surface area contributed by atoms with Crippen LogP contribution in [-0.2, 0) is 22.8 Å². The molecule has 0 N–H and O–H groups in total. The van der Waals surface area contributed by atoms with Crippen LogP contribution in [0.25, 0.3) is 0 Å². The van der Waals surface area contributed by atoms with Crippen molar-refractivity contribution < 1.29 is 22.8 Å². The van der Waals surface area contributed by atoms with Gasteiger partial charge in [0.25, 0.3) is 0 Å². The smallest absolute Gasteiger partial charge is 0.436 e. The first-order chi connectivity index (χ1) is 8.51. The molecule has 106 valence electrons. The van der Waals surface area contributed by atoms with Crippen molar-refractivity contribution in [3.05, 3.63) is 12.2 Å². The number of carbonyl (C=O) groups excluding carboxylic acids is 1. The Bertz CT molecular complexity index is 263. The predicted molar refractivity (Wildman–Crippen MR) is 71.0 cm³/mol. The predicted octanol–water partition coefficient (Wildman–Crippen LogP) is 2.50. The Morgan fingerprint density at radius 1 is 1.22 bits per heavy atom. The minimum absolute atomic E-state index is 0.161. The molecule has 0 rings (SSSR count). The van der Waals surface area contributed by atoms with Gasteiger partial charge < -0.3 is 18.0 Å². The maximum absolute atomic E-state index is 11.2. The summed E-state index contributed by atoms with van der Waals surface area (Å²) in [5.41, 5.74) is 0.340. The van der Waals surface area contributed by atoms with Crippen molar-refractivity contribution >= 4 is 14.8 Å². The number of ether oxygens (including phenoxy) is 1. The summed E-state index contributed by atoms with van der Waals surface area (Å²) in [5.74, 6) is -0.473. The van der Waals surface area contributed by atoms with Gasteiger partial charge in [-0.2, -0.15) is 0 Å². The van der Waals surface area contributed by atoms with E-state index in [2.05, 4.69) is 13.5 Å². The van der Waals surface area contributed by atoms with Crippen molar-refractivity contribution in [2.75, 3.05) is 21.0 Å². The minimum Gasteiger partial charge on any atom is -0.436 e. The van der Waals surface area contributed by atoms with Gasteiger partial charge in [0.2, 0.25) is 0 Å². The molecule has 5 nitrogen and oxygen atoms in total. The number of rotatable bonds is 10. The molecule has 0 aromatic carbocycles. The van der Waals surface area contributed by atoms with Crippen molar-refractivity contribution in [1.29, 1.82) is 0 Å². The lowest BCUT2D eigenvalue weighted by molar-refractivity contribution is -0.147. The van der Waals surface area contributed by atoms with Crippen LogP contribution in [0.2, 0.25) is 6.04 Å². The topological polar surface area (TPSA) is 54.0 Å². The van der Waals surface area contributed by atoms with Crippen LogP contribution >= 0.6 is 0 Å². The fourth-order valence-electron chi connectivity index (χ4n) is 1.36. The first-order valence-corrected chi connectivity index (χ1v) is 8.01. The van der Waals surface area contributed by atoms with Crippen molar-refractivity contribution in [2.24, 2.45) is 0 Å². The first-order valence-electron chi connectivity index (χ1n) is 6.08. The molecule has 0 spiro atoms. The van der Waals surface area contributed by atoms with Gasteiger partial charge in [0, 0.05) is 25.8 Å². The number of unbranched alkanes of at least 4 members (excludes halogenated alkanes) is 2. The summed E-state index contributed by atoms with van der Waals surface area (Å²) in [7, 11) is 0.426. The van der Waals surface area contributed by atoms with E-state index in [1.807, 2.05) is 0 Å². The standard InChI is InChI=1S/C12H24O5Si/c1-6-7-8-9-18(14-4,15-5)17-10-16-12(13)11(2)3/h2,6-10H2,1,3-5H3. The van der Waals surface area contributed by atoms with Crippen LogP contribution in [0.4, 0.5) is 0 Å². The summed E-state index contributed by atoms with van der Waals surface area (Å²) in [6.45, 7) is 7.04. The molecule has 6 heteroatoms. The summed E-state index contributed by atoms with van der Waals surface area (Å²) < 4.78 is 21.1. The highest BCUT2D eigenvalue weighted by molar-refractivity contribution is 6.60. The largest absolute Gasteiger partial charge is 0.502 e. The van der Waals surface area contributed by atoms with Crippen LogP contribution in [0.5, 0.6) is 0 Å². The SMILES string of the molecule is C=C(C)C(=O)OCO[Si](CCCCC)(OC)OC. The highest BCUT2D eigenvalue weighted by atomic mass is 28.4. The second-order valence-corrected chi connectivity index (χ2v) is 6.99. The molecule has 0 saturated heterocycles. The van der Waals surface area contributed by atoms with Crippen LogP contribution in [0, 0.1) is 0 Å². The minimum atomic E-state index is -2.69. The van der Waals surface area contributed by atoms with Crippen LogP contribution in [0.15, 0.2) is 12.2 Å². The maximum atomic E-state index is 11.2. The molecule has 0 radical (unpaired) electrons. The zero-order valence-corrected chi connectivity index (χ0v) is 12.8. The normalized spacial score (nSPS) is 11.3. The fourth-order valence-corrected chi connectivity index (χ4v) is 3.24. The van der Waals surface area contributed by atoms with Gasteiger partial charge in [-0.3, -0.25) is 0 Å². The van der Waals surface area contributed by atoms with Crippen LogP contribution in [-0.4, -0.2) is 35.8 Å². The molecule has 0 aliphatic rings. The van der Waals surface area contributed by atoms with Crippen molar-refractivity contribution in [3.8, 4) is 0 Å². The highest BCUT2D eigenvalue weighted by Gasteiger charge is 2.38. The Labute approximate surface area is 110 Å². The van der Waals surface area contributed by atoms with Crippen molar-refractivity contribution in [2.45, 2.75) is 39.2 Å². The molecule has 0 atom stereocenters. The van der Waals surface area contributed by atoms with E-state index >= 15 is 0 Å². The van der Waals surface area contributed by atoms with Crippen LogP contribution in [0.3, 0.4) is 0 Å². The van der Waals surface area contributed by atoms with Gasteiger partial charge in [-0.25, -0.2) is 4.79 Å². The van der Waals surface area contributed by atoms with Gasteiger partial charge in [0.05, 0.1) is 0 Å². The summed E-state index contributed by atoms with van der Waals surface area (Å²) in [4.78, 5) is 11.2. The average molecular weight is 276 g/mol. The quantitative estimate of drug-likeness (QED) is 0.202. The lowest BCUT2D eigenvalue weighted by Gasteiger charge is -2.26. The van der Waals surface area contributed by atoms with E-state index in [-0.39, 0.29) is 6.79 Å². The molecule has 0 aromatic heterocycles. The van der Waals surface area contributed by atoms with Gasteiger partial charge >= 0.3 is 14.8 Å². The second kappa shape index (κ2) is 9.27. The van der Waals surface area contributed by atoms with E-state index < -0.39 is 14.8 Å². The highest BCUT2D eigenvalue weighted by Crippen LogP contribution is 2.18. The second-order valence-electron chi connectivity index (χ2n) is 4.02. The number of hydrogen-bond acceptors (Lipinski definition) is 5. The first kappa shape index (κ1) is 17.3. The van der Waals surface area contributed by atoms with Gasteiger partial charge in [0.1, 0.15) is 0 Å². The zero-order valence-electron chi connectivity index (χ0n) is 11.8. The molecular weight excluding hydrogens is 252 g/mol. The van der Waals surface area contributed by atoms with Gasteiger partial charge in [-0.1, -0.05) is 26.3 Å². The lowest BCUT2D eigenvalue weighted by atomic mass is 10.3. The van der Waals surface area contributed by atoms with Gasteiger partial charge in [-0.15, -0.1) is 0 Å². The summed E-state index contributed by atoms with van der Waals surface area (Å²) in [5, 5.41) is 0. The van der Waals surface area contributed by atoms with Gasteiger partial charge in [0.15, 0.2) is 6.79 Å². The van der Waals surface area contributed by atoms with E-state index in [1.165, 1.54) is 0 Å². The van der Waals surface area contributed by atoms with E-state index in [9.17, 15) is 4.79 Å². The molecule has 0 aliphatic heterocycles. The Balaban J connectivity index is 4.16. The third kappa shape index (κ3) is 6.30. The molecule has 18 heavy (non-hydrogen) atoms. The molecular formula is C12H24O5Si. The summed E-state index contributed by atoms with van der Waals surface area (Å²) >= 11 is 0. The van der Waals surface area contributed by atoms with E-state index in [4.69, 9.17) is 18.0 Å². The number of hydrogen-bond donors (Lipinski definition) is 0. The molecule has 0 saturated carbocycles. The molecule has 0 fully saturated rings. The molecule has 0 bridgehead atoms. The molecule has 0 amide bonds. The van der Waals surface area contributed by atoms with E-state index in [0.717, 1.165) is 25.3 Å². The molecule has 0 unspecified atom stereocenters. The number of carbonyl (C=O) groups is 1. The van der Waals surface area contributed by atoms with Crippen LogP contribution in [0.1, 0.15) is 33.1 Å². The van der Waals surface area contributed by atoms with Crippen molar-refractivity contribution in [3.63, 3.8) is 0 Å². The Hall–Kier alpha value is -0.693. The Morgan fingerprint density at radius 2 is 1.83 bits per heavy atom. The Morgan fingerprint density at radius 3 is 2.28 bits per heavy atom. The summed E-state index contributed by atoms with van der Waals surface area (Å²) in [6.07, 6.45) is 3.18. The van der Waals surface area contributed by atoms with Crippen LogP contribution < -0.4 is 0 Å². The Kier molecular flexibility index (Phi) is 8.91. The maximum Gasteiger partial charge on any atom is 0.502 e. The molecule has 0 aromatic rings. The monoisotopic (exact) mass is 276 g/mol. The average Bonchev–Trinajstić information content (AvgIpc) is 2.37. The third-order valence-electron chi connectivity index (χ3n) is 2.53.